The third-order valence-corrected chi connectivity index (χ3v) is 1.42. The second-order valence-electron chi connectivity index (χ2n) is 2.03. The van der Waals surface area contributed by atoms with Gasteiger partial charge >= 0.3 is 5.97 Å². The molecule has 0 aromatic carbocycles. The molecule has 3 nitrogen and oxygen atoms in total. The van der Waals surface area contributed by atoms with Crippen LogP contribution in [0.15, 0.2) is 0 Å². The van der Waals surface area contributed by atoms with Crippen molar-refractivity contribution in [2.75, 3.05) is 7.11 Å². The average molecular weight is 130 g/mol. The molecular weight excluding hydrogens is 120 g/mol. The lowest BCUT2D eigenvalue weighted by atomic mass is 10.3. The summed E-state index contributed by atoms with van der Waals surface area (Å²) in [6.45, 7) is 1.98. The number of ether oxygens (including phenoxy) is 2. The minimum absolute atomic E-state index is 0.123. The van der Waals surface area contributed by atoms with Gasteiger partial charge < -0.3 is 9.47 Å². The van der Waals surface area contributed by atoms with Gasteiger partial charge in [0, 0.05) is 0 Å². The fraction of sp³-hybridized carbons (Fsp3) is 0.833. The summed E-state index contributed by atoms with van der Waals surface area (Å²) < 4.78 is 9.39. The zero-order chi connectivity index (χ0) is 6.85. The maximum Gasteiger partial charge on any atom is 0.337 e. The van der Waals surface area contributed by atoms with E-state index >= 15 is 0 Å². The number of esters is 1. The molecule has 0 aromatic rings. The molecule has 0 amide bonds. The highest BCUT2D eigenvalue weighted by Crippen LogP contribution is 2.25. The van der Waals surface area contributed by atoms with E-state index in [2.05, 4.69) is 4.74 Å². The lowest BCUT2D eigenvalue weighted by Gasteiger charge is -1.89. The molecule has 0 aliphatic carbocycles. The summed E-state index contributed by atoms with van der Waals surface area (Å²) in [7, 11) is 1.37. The number of hydrogen-bond acceptors (Lipinski definition) is 3. The van der Waals surface area contributed by atoms with E-state index < -0.39 is 0 Å². The van der Waals surface area contributed by atoms with Crippen LogP contribution >= 0.6 is 0 Å². The first-order valence-electron chi connectivity index (χ1n) is 3.03. The van der Waals surface area contributed by atoms with Crippen LogP contribution in [0.5, 0.6) is 0 Å². The Morgan fingerprint density at radius 1 is 1.78 bits per heavy atom. The van der Waals surface area contributed by atoms with E-state index in [4.69, 9.17) is 4.74 Å². The van der Waals surface area contributed by atoms with Crippen molar-refractivity contribution < 1.29 is 14.3 Å². The molecule has 2 atom stereocenters. The molecular formula is C6H10O3. The fourth-order valence-corrected chi connectivity index (χ4v) is 0.777. The first-order valence-corrected chi connectivity index (χ1v) is 3.03. The van der Waals surface area contributed by atoms with Gasteiger partial charge in [-0.1, -0.05) is 6.92 Å². The molecule has 0 saturated carbocycles. The van der Waals surface area contributed by atoms with Crippen molar-refractivity contribution in [2.24, 2.45) is 0 Å². The summed E-state index contributed by atoms with van der Waals surface area (Å²) >= 11 is 0. The molecule has 0 N–H and O–H groups in total. The van der Waals surface area contributed by atoms with Crippen molar-refractivity contribution in [3.63, 3.8) is 0 Å². The Kier molecular flexibility index (Phi) is 1.71. The lowest BCUT2D eigenvalue weighted by Crippen LogP contribution is -2.10. The van der Waals surface area contributed by atoms with Crippen molar-refractivity contribution in [1.29, 1.82) is 0 Å². The molecule has 1 aliphatic rings. The van der Waals surface area contributed by atoms with Crippen LogP contribution in [0.4, 0.5) is 0 Å². The van der Waals surface area contributed by atoms with E-state index in [9.17, 15) is 4.79 Å². The molecule has 1 fully saturated rings. The van der Waals surface area contributed by atoms with Gasteiger partial charge in [0.15, 0.2) is 6.10 Å². The Morgan fingerprint density at radius 2 is 2.44 bits per heavy atom. The van der Waals surface area contributed by atoms with Gasteiger partial charge in [-0.2, -0.15) is 0 Å². The molecule has 0 spiro atoms. The van der Waals surface area contributed by atoms with Crippen LogP contribution < -0.4 is 0 Å². The van der Waals surface area contributed by atoms with Crippen molar-refractivity contribution in [1.82, 2.24) is 0 Å². The molecule has 9 heavy (non-hydrogen) atoms. The van der Waals surface area contributed by atoms with Gasteiger partial charge in [-0.15, -0.1) is 0 Å². The van der Waals surface area contributed by atoms with E-state index in [-0.39, 0.29) is 18.2 Å². The van der Waals surface area contributed by atoms with Gasteiger partial charge in [0.25, 0.3) is 0 Å². The lowest BCUT2D eigenvalue weighted by molar-refractivity contribution is -0.142. The molecule has 0 radical (unpaired) electrons. The standard InChI is InChI=1S/C6H10O3/c1-3-4-5(9-4)6(7)8-2/h4-5H,3H2,1-2H3/t4-,5+/m0/s1. The Bertz CT molecular complexity index is 121. The van der Waals surface area contributed by atoms with Crippen LogP contribution in [-0.2, 0) is 14.3 Å². The Hall–Kier alpha value is -0.570. The first kappa shape index (κ1) is 6.55. The topological polar surface area (TPSA) is 38.8 Å². The van der Waals surface area contributed by atoms with Crippen LogP contribution in [0.2, 0.25) is 0 Å². The predicted octanol–water partition coefficient (Wildman–Crippen LogP) is 0.337. The van der Waals surface area contributed by atoms with Crippen LogP contribution in [0.25, 0.3) is 0 Å². The molecule has 1 heterocycles. The molecule has 0 bridgehead atoms. The van der Waals surface area contributed by atoms with Crippen LogP contribution in [0, 0.1) is 0 Å². The number of carbonyl (C=O) groups is 1. The zero-order valence-corrected chi connectivity index (χ0v) is 5.59. The molecule has 0 aromatic heterocycles. The summed E-state index contributed by atoms with van der Waals surface area (Å²) in [6, 6.07) is 0. The maximum atomic E-state index is 10.6. The molecule has 1 aliphatic heterocycles. The predicted molar refractivity (Wildman–Crippen MR) is 31.0 cm³/mol. The van der Waals surface area contributed by atoms with Crippen molar-refractivity contribution in [3.05, 3.63) is 0 Å². The highest BCUT2D eigenvalue weighted by molar-refractivity contribution is 5.77. The minimum Gasteiger partial charge on any atom is -0.467 e. The number of methoxy groups -OCH3 is 1. The number of rotatable bonds is 2. The van der Waals surface area contributed by atoms with E-state index in [0.29, 0.717) is 0 Å². The summed E-state index contributed by atoms with van der Waals surface area (Å²) in [5.41, 5.74) is 0. The highest BCUT2D eigenvalue weighted by Gasteiger charge is 2.44. The highest BCUT2D eigenvalue weighted by atomic mass is 16.6. The second-order valence-corrected chi connectivity index (χ2v) is 2.03. The molecule has 0 unspecified atom stereocenters. The normalized spacial score (nSPS) is 31.8. The van der Waals surface area contributed by atoms with Gasteiger partial charge in [-0.3, -0.25) is 0 Å². The SMILES string of the molecule is CC[C@@H]1O[C@H]1C(=O)OC. The smallest absolute Gasteiger partial charge is 0.337 e. The molecule has 1 saturated heterocycles. The third kappa shape index (κ3) is 1.21. The summed E-state index contributed by atoms with van der Waals surface area (Å²) in [5, 5.41) is 0. The largest absolute Gasteiger partial charge is 0.467 e. The monoisotopic (exact) mass is 130 g/mol. The van der Waals surface area contributed by atoms with E-state index in [1.54, 1.807) is 0 Å². The number of epoxide rings is 1. The first-order chi connectivity index (χ1) is 4.29. The van der Waals surface area contributed by atoms with E-state index in [0.717, 1.165) is 6.42 Å². The van der Waals surface area contributed by atoms with Crippen molar-refractivity contribution in [2.45, 2.75) is 25.6 Å². The van der Waals surface area contributed by atoms with E-state index in [1.165, 1.54) is 7.11 Å². The Balaban J connectivity index is 2.25. The second kappa shape index (κ2) is 2.35. The Morgan fingerprint density at radius 3 is 2.78 bits per heavy atom. The summed E-state index contributed by atoms with van der Waals surface area (Å²) in [6.07, 6.45) is 0.747. The van der Waals surface area contributed by atoms with Crippen molar-refractivity contribution in [3.8, 4) is 0 Å². The Labute approximate surface area is 53.9 Å². The minimum atomic E-state index is -0.264. The summed E-state index contributed by atoms with van der Waals surface area (Å²) in [5.74, 6) is -0.248. The van der Waals surface area contributed by atoms with Crippen LogP contribution in [-0.4, -0.2) is 25.3 Å². The zero-order valence-electron chi connectivity index (χ0n) is 5.59. The maximum absolute atomic E-state index is 10.6. The van der Waals surface area contributed by atoms with Crippen LogP contribution in [0.3, 0.4) is 0 Å². The summed E-state index contributed by atoms with van der Waals surface area (Å²) in [4.78, 5) is 10.6. The molecule has 52 valence electrons. The number of carbonyl (C=O) groups excluding carboxylic acids is 1. The third-order valence-electron chi connectivity index (χ3n) is 1.42. The van der Waals surface area contributed by atoms with E-state index in [1.807, 2.05) is 6.92 Å². The molecule has 1 rings (SSSR count). The van der Waals surface area contributed by atoms with Gasteiger partial charge in [0.1, 0.15) is 0 Å². The quantitative estimate of drug-likeness (QED) is 0.399. The van der Waals surface area contributed by atoms with Gasteiger partial charge in [-0.05, 0) is 6.42 Å². The van der Waals surface area contributed by atoms with Gasteiger partial charge in [0.2, 0.25) is 0 Å². The number of hydrogen-bond donors (Lipinski definition) is 0. The van der Waals surface area contributed by atoms with Crippen LogP contribution in [0.1, 0.15) is 13.3 Å². The van der Waals surface area contributed by atoms with Gasteiger partial charge in [0.05, 0.1) is 13.2 Å². The fourth-order valence-electron chi connectivity index (χ4n) is 0.777. The molecule has 3 heteroatoms. The average Bonchev–Trinajstić information content (AvgIpc) is 2.64. The van der Waals surface area contributed by atoms with Crippen molar-refractivity contribution >= 4 is 5.97 Å². The van der Waals surface area contributed by atoms with Gasteiger partial charge in [-0.25, -0.2) is 4.79 Å².